The van der Waals surface area contributed by atoms with Gasteiger partial charge in [-0.25, -0.2) is 13.5 Å². The van der Waals surface area contributed by atoms with Crippen molar-refractivity contribution in [3.8, 4) is 22.9 Å². The minimum Gasteiger partial charge on any atom is -0.485 e. The number of fused-ring (bicyclic) bond motifs is 1. The first-order valence-electron chi connectivity index (χ1n) is 10.4. The third-order valence-corrected chi connectivity index (χ3v) is 5.18. The van der Waals surface area contributed by atoms with Crippen LogP contribution in [0.25, 0.3) is 5.69 Å². The Kier molecular flexibility index (Phi) is 5.82. The largest absolute Gasteiger partial charge is 0.485 e. The lowest BCUT2D eigenvalue weighted by Gasteiger charge is -2.08. The molecule has 0 saturated heterocycles. The number of ether oxygens (including phenoxy) is 3. The predicted molar refractivity (Wildman–Crippen MR) is 118 cm³/mol. The number of amides is 1. The smallest absolute Gasteiger partial charge is 0.275 e. The maximum absolute atomic E-state index is 13.3. The fourth-order valence-electron chi connectivity index (χ4n) is 3.41. The summed E-state index contributed by atoms with van der Waals surface area (Å²) in [5, 5.41) is 7.18. The van der Waals surface area contributed by atoms with Crippen LogP contribution >= 0.6 is 0 Å². The van der Waals surface area contributed by atoms with Crippen LogP contribution in [-0.2, 0) is 13.2 Å². The van der Waals surface area contributed by atoms with Gasteiger partial charge in [-0.05, 0) is 59.7 Å². The van der Waals surface area contributed by atoms with Gasteiger partial charge in [0.1, 0.15) is 18.2 Å². The summed E-state index contributed by atoms with van der Waals surface area (Å²) in [5.41, 5.74) is 2.17. The van der Waals surface area contributed by atoms with Crippen molar-refractivity contribution in [1.29, 1.82) is 0 Å². The highest BCUT2D eigenvalue weighted by Gasteiger charge is 2.20. The van der Waals surface area contributed by atoms with Gasteiger partial charge in [-0.3, -0.25) is 4.79 Å². The maximum Gasteiger partial charge on any atom is 0.275 e. The van der Waals surface area contributed by atoms with Gasteiger partial charge in [0.2, 0.25) is 6.79 Å². The van der Waals surface area contributed by atoms with Gasteiger partial charge in [-0.15, -0.1) is 0 Å². The molecule has 1 aromatic heterocycles. The third kappa shape index (κ3) is 4.68. The molecule has 4 aromatic rings. The number of halogens is 2. The minimum atomic E-state index is -0.451. The summed E-state index contributed by atoms with van der Waals surface area (Å²) in [4.78, 5) is 13.0. The molecule has 9 heteroatoms. The summed E-state index contributed by atoms with van der Waals surface area (Å²) in [6.07, 6.45) is 1.55. The molecule has 2 heterocycles. The van der Waals surface area contributed by atoms with Crippen LogP contribution in [0.3, 0.4) is 0 Å². The lowest BCUT2D eigenvalue weighted by Crippen LogP contribution is -2.24. The fourth-order valence-corrected chi connectivity index (χ4v) is 3.41. The monoisotopic (exact) mass is 463 g/mol. The van der Waals surface area contributed by atoms with E-state index >= 15 is 0 Å². The number of hydrogen-bond donors (Lipinski definition) is 1. The first-order chi connectivity index (χ1) is 16.5. The van der Waals surface area contributed by atoms with E-state index in [2.05, 4.69) is 10.4 Å². The van der Waals surface area contributed by atoms with E-state index in [9.17, 15) is 13.6 Å². The van der Waals surface area contributed by atoms with E-state index in [1.807, 2.05) is 6.07 Å². The van der Waals surface area contributed by atoms with Crippen LogP contribution in [0.1, 0.15) is 21.6 Å². The molecule has 7 nitrogen and oxygen atoms in total. The van der Waals surface area contributed by atoms with E-state index < -0.39 is 5.91 Å². The quantitative estimate of drug-likeness (QED) is 0.440. The standard InChI is InChI=1S/C25H19F2N3O4/c26-18-4-1-16(2-5-18)14-32-23-13-30(20-8-6-19(27)7-9-20)29-24(23)25(31)28-12-17-3-10-21-22(11-17)34-15-33-21/h1-11,13H,12,14-15H2,(H,28,31). The van der Waals surface area contributed by atoms with Crippen molar-refractivity contribution in [2.75, 3.05) is 6.79 Å². The van der Waals surface area contributed by atoms with Crippen LogP contribution in [0.2, 0.25) is 0 Å². The minimum absolute atomic E-state index is 0.0622. The number of nitrogens with one attached hydrogen (secondary N) is 1. The van der Waals surface area contributed by atoms with Crippen LogP contribution in [0.4, 0.5) is 8.78 Å². The Labute approximate surface area is 193 Å². The van der Waals surface area contributed by atoms with E-state index in [1.165, 1.54) is 28.9 Å². The summed E-state index contributed by atoms with van der Waals surface area (Å²) < 4.78 is 44.5. The Morgan fingerprint density at radius 1 is 0.941 bits per heavy atom. The molecule has 0 aliphatic carbocycles. The van der Waals surface area contributed by atoms with Crippen LogP contribution in [-0.4, -0.2) is 22.5 Å². The number of rotatable bonds is 7. The van der Waals surface area contributed by atoms with E-state index in [1.54, 1.807) is 42.6 Å². The summed E-state index contributed by atoms with van der Waals surface area (Å²) in [7, 11) is 0. The maximum atomic E-state index is 13.3. The Bertz CT molecular complexity index is 1320. The predicted octanol–water partition coefficient (Wildman–Crippen LogP) is 4.39. The average Bonchev–Trinajstić information content (AvgIpc) is 3.49. The first kappa shape index (κ1) is 21.4. The van der Waals surface area contributed by atoms with Gasteiger partial charge < -0.3 is 19.5 Å². The second kappa shape index (κ2) is 9.22. The van der Waals surface area contributed by atoms with Crippen molar-refractivity contribution in [1.82, 2.24) is 15.1 Å². The molecule has 0 atom stereocenters. The number of carbonyl (C=O) groups excluding carboxylic acids is 1. The van der Waals surface area contributed by atoms with Crippen molar-refractivity contribution in [3.63, 3.8) is 0 Å². The fraction of sp³-hybridized carbons (Fsp3) is 0.120. The normalized spacial score (nSPS) is 11.9. The SMILES string of the molecule is O=C(NCc1ccc2c(c1)OCO2)c1nn(-c2ccc(F)cc2)cc1OCc1ccc(F)cc1. The first-order valence-corrected chi connectivity index (χ1v) is 10.4. The van der Waals surface area contributed by atoms with Gasteiger partial charge in [-0.1, -0.05) is 18.2 Å². The summed E-state index contributed by atoms with van der Waals surface area (Å²) in [6.45, 7) is 0.509. The lowest BCUT2D eigenvalue weighted by atomic mass is 10.2. The van der Waals surface area contributed by atoms with Crippen LogP contribution in [0.5, 0.6) is 17.2 Å². The molecule has 3 aromatic carbocycles. The summed E-state index contributed by atoms with van der Waals surface area (Å²) >= 11 is 0. The van der Waals surface area contributed by atoms with Crippen molar-refractivity contribution >= 4 is 5.91 Å². The topological polar surface area (TPSA) is 74.6 Å². The number of carbonyl (C=O) groups is 1. The third-order valence-electron chi connectivity index (χ3n) is 5.18. The van der Waals surface area contributed by atoms with E-state index in [0.717, 1.165) is 11.1 Å². The molecule has 1 aliphatic heterocycles. The average molecular weight is 463 g/mol. The van der Waals surface area contributed by atoms with Gasteiger partial charge in [0.15, 0.2) is 22.9 Å². The van der Waals surface area contributed by atoms with E-state index in [4.69, 9.17) is 14.2 Å². The molecule has 1 aliphatic rings. The van der Waals surface area contributed by atoms with Crippen LogP contribution in [0, 0.1) is 11.6 Å². The van der Waals surface area contributed by atoms with Crippen molar-refractivity contribution in [2.45, 2.75) is 13.2 Å². The number of aromatic nitrogens is 2. The number of benzene rings is 3. The zero-order valence-corrected chi connectivity index (χ0v) is 17.8. The lowest BCUT2D eigenvalue weighted by molar-refractivity contribution is 0.0941. The molecular weight excluding hydrogens is 444 g/mol. The zero-order chi connectivity index (χ0) is 23.5. The van der Waals surface area contributed by atoms with Crippen molar-refractivity contribution < 1.29 is 27.8 Å². The highest BCUT2D eigenvalue weighted by atomic mass is 19.1. The summed E-state index contributed by atoms with van der Waals surface area (Å²) in [5.74, 6) is 0.326. The second-order valence-electron chi connectivity index (χ2n) is 7.55. The molecule has 0 bridgehead atoms. The molecule has 1 N–H and O–H groups in total. The molecule has 0 unspecified atom stereocenters. The highest BCUT2D eigenvalue weighted by molar-refractivity contribution is 5.94. The second-order valence-corrected chi connectivity index (χ2v) is 7.55. The van der Waals surface area contributed by atoms with Crippen LogP contribution in [0.15, 0.2) is 72.9 Å². The molecule has 0 fully saturated rings. The van der Waals surface area contributed by atoms with E-state index in [-0.39, 0.29) is 43.0 Å². The molecule has 34 heavy (non-hydrogen) atoms. The van der Waals surface area contributed by atoms with Crippen molar-refractivity contribution in [3.05, 3.63) is 101 Å². The molecule has 0 saturated carbocycles. The number of hydrogen-bond acceptors (Lipinski definition) is 5. The van der Waals surface area contributed by atoms with Gasteiger partial charge in [0.05, 0.1) is 11.9 Å². The Morgan fingerprint density at radius 3 is 2.38 bits per heavy atom. The zero-order valence-electron chi connectivity index (χ0n) is 17.8. The molecule has 0 spiro atoms. The molecule has 1 amide bonds. The Balaban J connectivity index is 1.36. The van der Waals surface area contributed by atoms with Gasteiger partial charge in [0.25, 0.3) is 5.91 Å². The molecular formula is C25H19F2N3O4. The Hall–Kier alpha value is -4.40. The Morgan fingerprint density at radius 2 is 1.62 bits per heavy atom. The highest BCUT2D eigenvalue weighted by Crippen LogP contribution is 2.32. The van der Waals surface area contributed by atoms with Crippen molar-refractivity contribution in [2.24, 2.45) is 0 Å². The molecule has 172 valence electrons. The van der Waals surface area contributed by atoms with Gasteiger partial charge >= 0.3 is 0 Å². The van der Waals surface area contributed by atoms with E-state index in [0.29, 0.717) is 17.2 Å². The van der Waals surface area contributed by atoms with Gasteiger partial charge in [0, 0.05) is 6.54 Å². The number of nitrogens with zero attached hydrogens (tertiary/aromatic N) is 2. The summed E-state index contributed by atoms with van der Waals surface area (Å²) in [6, 6.07) is 17.0. The van der Waals surface area contributed by atoms with Gasteiger partial charge in [-0.2, -0.15) is 5.10 Å². The van der Waals surface area contributed by atoms with Crippen LogP contribution < -0.4 is 19.5 Å². The molecule has 5 rings (SSSR count). The molecule has 0 radical (unpaired) electrons.